The molecule has 0 heterocycles. The van der Waals surface area contributed by atoms with Crippen LogP contribution in [0.2, 0.25) is 0 Å². The van der Waals surface area contributed by atoms with Crippen molar-refractivity contribution in [2.75, 3.05) is 0 Å². The molecule has 0 saturated carbocycles. The highest BCUT2D eigenvalue weighted by atomic mass is 19.1. The predicted octanol–water partition coefficient (Wildman–Crippen LogP) is 5.77. The summed E-state index contributed by atoms with van der Waals surface area (Å²) in [5.74, 6) is 1.13. The van der Waals surface area contributed by atoms with Crippen LogP contribution in [0.5, 0.6) is 5.75 Å². The van der Waals surface area contributed by atoms with E-state index in [4.69, 9.17) is 4.74 Å². The molecule has 0 unspecified atom stereocenters. The lowest BCUT2D eigenvalue weighted by atomic mass is 10.0. The van der Waals surface area contributed by atoms with Gasteiger partial charge in [-0.25, -0.2) is 4.39 Å². The summed E-state index contributed by atoms with van der Waals surface area (Å²) in [5, 5.41) is 0. The quantitative estimate of drug-likeness (QED) is 0.473. The van der Waals surface area contributed by atoms with E-state index in [1.165, 1.54) is 6.08 Å². The number of benzene rings is 1. The van der Waals surface area contributed by atoms with Crippen LogP contribution in [0.3, 0.4) is 0 Å². The van der Waals surface area contributed by atoms with Crippen molar-refractivity contribution in [2.24, 2.45) is 5.92 Å². The molecule has 0 atom stereocenters. The van der Waals surface area contributed by atoms with Gasteiger partial charge in [0.2, 0.25) is 0 Å². The van der Waals surface area contributed by atoms with Gasteiger partial charge in [-0.05, 0) is 29.0 Å². The van der Waals surface area contributed by atoms with E-state index in [9.17, 15) is 4.39 Å². The number of para-hydroxylation sites is 1. The Hall–Kier alpha value is -1.83. The third-order valence-corrected chi connectivity index (χ3v) is 3.06. The molecule has 108 valence electrons. The van der Waals surface area contributed by atoms with Crippen LogP contribution in [0, 0.1) is 5.92 Å². The van der Waals surface area contributed by atoms with Crippen molar-refractivity contribution in [1.82, 2.24) is 0 Å². The van der Waals surface area contributed by atoms with Crippen LogP contribution in [0.4, 0.5) is 4.39 Å². The molecule has 0 aromatic heterocycles. The summed E-state index contributed by atoms with van der Waals surface area (Å²) >= 11 is 0. The van der Waals surface area contributed by atoms with E-state index in [1.807, 2.05) is 38.1 Å². The van der Waals surface area contributed by atoms with E-state index >= 15 is 0 Å². The first-order chi connectivity index (χ1) is 9.32. The third kappa shape index (κ3) is 4.37. The van der Waals surface area contributed by atoms with Gasteiger partial charge in [-0.15, -0.1) is 0 Å². The SMILES string of the molecule is C=C(F)/C=C(/Oc1ccccc1C(C)C)C(=C)C(C)C. The molecule has 20 heavy (non-hydrogen) atoms. The average Bonchev–Trinajstić information content (AvgIpc) is 2.36. The maximum Gasteiger partial charge on any atom is 0.133 e. The number of allylic oxidation sites excluding steroid dienone is 3. The fourth-order valence-corrected chi connectivity index (χ4v) is 1.78. The van der Waals surface area contributed by atoms with Gasteiger partial charge in [0.1, 0.15) is 17.3 Å². The molecule has 0 spiro atoms. The van der Waals surface area contributed by atoms with Crippen LogP contribution in [0.25, 0.3) is 0 Å². The van der Waals surface area contributed by atoms with Crippen LogP contribution >= 0.6 is 0 Å². The molecular formula is C18H23FO. The zero-order chi connectivity index (χ0) is 15.3. The van der Waals surface area contributed by atoms with Gasteiger partial charge in [-0.1, -0.05) is 59.1 Å². The maximum atomic E-state index is 13.1. The monoisotopic (exact) mass is 274 g/mol. The second kappa shape index (κ2) is 7.09. The number of rotatable bonds is 6. The smallest absolute Gasteiger partial charge is 0.133 e. The van der Waals surface area contributed by atoms with Crippen molar-refractivity contribution in [3.8, 4) is 5.75 Å². The van der Waals surface area contributed by atoms with E-state index in [2.05, 4.69) is 27.0 Å². The van der Waals surface area contributed by atoms with Crippen molar-refractivity contribution in [3.63, 3.8) is 0 Å². The van der Waals surface area contributed by atoms with Gasteiger partial charge in [-0.3, -0.25) is 0 Å². The predicted molar refractivity (Wildman–Crippen MR) is 83.5 cm³/mol. The van der Waals surface area contributed by atoms with Gasteiger partial charge in [-0.2, -0.15) is 0 Å². The van der Waals surface area contributed by atoms with Gasteiger partial charge in [0.05, 0.1) is 0 Å². The molecule has 0 aliphatic carbocycles. The number of halogens is 1. The molecule has 1 nitrogen and oxygen atoms in total. The highest BCUT2D eigenvalue weighted by molar-refractivity contribution is 5.40. The summed E-state index contributed by atoms with van der Waals surface area (Å²) < 4.78 is 19.0. The van der Waals surface area contributed by atoms with Crippen LogP contribution in [-0.4, -0.2) is 0 Å². The molecule has 0 saturated heterocycles. The Balaban J connectivity index is 3.15. The topological polar surface area (TPSA) is 9.23 Å². The average molecular weight is 274 g/mol. The molecule has 1 aromatic carbocycles. The van der Waals surface area contributed by atoms with Crippen molar-refractivity contribution in [2.45, 2.75) is 33.6 Å². The van der Waals surface area contributed by atoms with Gasteiger partial charge in [0.15, 0.2) is 0 Å². The highest BCUT2D eigenvalue weighted by Crippen LogP contribution is 2.30. The van der Waals surface area contributed by atoms with E-state index < -0.39 is 5.83 Å². The molecule has 0 radical (unpaired) electrons. The molecule has 0 amide bonds. The van der Waals surface area contributed by atoms with Crippen molar-refractivity contribution >= 4 is 0 Å². The lowest BCUT2D eigenvalue weighted by molar-refractivity contribution is 0.415. The molecule has 0 fully saturated rings. The fourth-order valence-electron chi connectivity index (χ4n) is 1.78. The first-order valence-corrected chi connectivity index (χ1v) is 6.85. The standard InChI is InChI=1S/C18H23FO/c1-12(2)15(6)18(11-14(5)19)20-17-10-8-7-9-16(17)13(3)4/h7-13H,5-6H2,1-4H3/b18-11+. The zero-order valence-electron chi connectivity index (χ0n) is 12.7. The van der Waals surface area contributed by atoms with E-state index in [0.29, 0.717) is 11.7 Å². The Morgan fingerprint density at radius 2 is 1.75 bits per heavy atom. The number of ether oxygens (including phenoxy) is 1. The first kappa shape index (κ1) is 16.2. The molecule has 0 bridgehead atoms. The van der Waals surface area contributed by atoms with Crippen LogP contribution in [-0.2, 0) is 0 Å². The van der Waals surface area contributed by atoms with Crippen molar-refractivity contribution < 1.29 is 9.13 Å². The van der Waals surface area contributed by atoms with Crippen LogP contribution in [0.15, 0.2) is 60.7 Å². The lowest BCUT2D eigenvalue weighted by Crippen LogP contribution is -2.06. The Labute approximate surface area is 121 Å². The van der Waals surface area contributed by atoms with Crippen LogP contribution < -0.4 is 4.74 Å². The third-order valence-electron chi connectivity index (χ3n) is 3.06. The summed E-state index contributed by atoms with van der Waals surface area (Å²) in [6, 6.07) is 7.77. The van der Waals surface area contributed by atoms with Gasteiger partial charge < -0.3 is 4.74 Å². The van der Waals surface area contributed by atoms with Gasteiger partial charge >= 0.3 is 0 Å². The van der Waals surface area contributed by atoms with Gasteiger partial charge in [0, 0.05) is 6.08 Å². The minimum Gasteiger partial charge on any atom is -0.457 e. The summed E-state index contributed by atoms with van der Waals surface area (Å²) in [6.07, 6.45) is 1.29. The molecule has 0 N–H and O–H groups in total. The van der Waals surface area contributed by atoms with Crippen molar-refractivity contribution in [1.29, 1.82) is 0 Å². The summed E-state index contributed by atoms with van der Waals surface area (Å²) in [7, 11) is 0. The number of hydrogen-bond donors (Lipinski definition) is 0. The molecule has 2 heteroatoms. The number of hydrogen-bond acceptors (Lipinski definition) is 1. The van der Waals surface area contributed by atoms with Crippen LogP contribution in [0.1, 0.15) is 39.2 Å². The molecule has 0 aliphatic heterocycles. The van der Waals surface area contributed by atoms with E-state index in [1.54, 1.807) is 0 Å². The summed E-state index contributed by atoms with van der Waals surface area (Å²) in [4.78, 5) is 0. The Bertz CT molecular complexity index is 524. The zero-order valence-corrected chi connectivity index (χ0v) is 12.7. The first-order valence-electron chi connectivity index (χ1n) is 6.85. The minimum absolute atomic E-state index is 0.173. The fraction of sp³-hybridized carbons (Fsp3) is 0.333. The normalized spacial score (nSPS) is 11.8. The molecular weight excluding hydrogens is 251 g/mol. The summed E-state index contributed by atoms with van der Waals surface area (Å²) in [5.41, 5.74) is 1.83. The second-order valence-corrected chi connectivity index (χ2v) is 5.43. The molecule has 0 aliphatic rings. The largest absolute Gasteiger partial charge is 0.457 e. The van der Waals surface area contributed by atoms with Crippen molar-refractivity contribution in [3.05, 3.63) is 66.2 Å². The Kier molecular flexibility index (Phi) is 5.75. The summed E-state index contributed by atoms with van der Waals surface area (Å²) in [6.45, 7) is 15.4. The van der Waals surface area contributed by atoms with E-state index in [0.717, 1.165) is 16.9 Å². The second-order valence-electron chi connectivity index (χ2n) is 5.43. The lowest BCUT2D eigenvalue weighted by Gasteiger charge is -2.18. The maximum absolute atomic E-state index is 13.1. The Morgan fingerprint density at radius 3 is 2.25 bits per heavy atom. The highest BCUT2D eigenvalue weighted by Gasteiger charge is 2.13. The Morgan fingerprint density at radius 1 is 1.15 bits per heavy atom. The molecule has 1 rings (SSSR count). The minimum atomic E-state index is -0.538. The molecule has 1 aromatic rings. The van der Waals surface area contributed by atoms with Gasteiger partial charge in [0.25, 0.3) is 0 Å². The van der Waals surface area contributed by atoms with E-state index in [-0.39, 0.29) is 5.92 Å².